The summed E-state index contributed by atoms with van der Waals surface area (Å²) >= 11 is 0. The molecule has 4 aromatic carbocycles. The third-order valence-corrected chi connectivity index (χ3v) is 8.74. The monoisotopic (exact) mass is 550 g/mol. The molecule has 202 valence electrons. The van der Waals surface area contributed by atoms with E-state index < -0.39 is 9.84 Å². The van der Waals surface area contributed by atoms with Gasteiger partial charge in [0.1, 0.15) is 5.58 Å². The molecule has 0 saturated carbocycles. The predicted octanol–water partition coefficient (Wildman–Crippen LogP) is 7.05. The van der Waals surface area contributed by atoms with Gasteiger partial charge < -0.3 is 14.2 Å². The average Bonchev–Trinajstić information content (AvgIpc) is 3.36. The Kier molecular flexibility index (Phi) is 6.47. The van der Waals surface area contributed by atoms with Crippen LogP contribution in [0.4, 0.5) is 11.4 Å². The van der Waals surface area contributed by atoms with Crippen LogP contribution < -0.4 is 9.80 Å². The lowest BCUT2D eigenvalue weighted by Gasteiger charge is -2.42. The molecule has 0 saturated heterocycles. The van der Waals surface area contributed by atoms with Crippen molar-refractivity contribution >= 4 is 38.1 Å². The Hall–Kier alpha value is -4.36. The molecule has 5 aromatic rings. The largest absolute Gasteiger partial charge is 0.450 e. The van der Waals surface area contributed by atoms with Gasteiger partial charge >= 0.3 is 0 Å². The molecule has 0 N–H and O–H groups in total. The highest BCUT2D eigenvalue weighted by Crippen LogP contribution is 2.42. The van der Waals surface area contributed by atoms with E-state index in [1.54, 1.807) is 24.3 Å². The van der Waals surface area contributed by atoms with Crippen molar-refractivity contribution < 1.29 is 17.6 Å². The number of anilines is 2. The fraction of sp³-hybridized carbons (Fsp3) is 0.182. The van der Waals surface area contributed by atoms with Gasteiger partial charge in [-0.1, -0.05) is 66.7 Å². The summed E-state index contributed by atoms with van der Waals surface area (Å²) in [4.78, 5) is 18.8. The third-order valence-electron chi connectivity index (χ3n) is 7.61. The van der Waals surface area contributed by atoms with Crippen LogP contribution in [0, 0.1) is 0 Å². The highest BCUT2D eigenvalue weighted by atomic mass is 32.2. The van der Waals surface area contributed by atoms with Crippen molar-refractivity contribution in [1.82, 2.24) is 0 Å². The summed E-state index contributed by atoms with van der Waals surface area (Å²) in [5.74, 6) is 0.127. The minimum absolute atomic E-state index is 0.103. The zero-order valence-electron chi connectivity index (χ0n) is 22.7. The number of carbonyl (C=O) groups excluding carboxylic acids is 1. The number of hydrogen-bond acceptors (Lipinski definition) is 5. The van der Waals surface area contributed by atoms with Crippen molar-refractivity contribution in [1.29, 1.82) is 0 Å². The van der Waals surface area contributed by atoms with Crippen molar-refractivity contribution in [3.8, 4) is 22.3 Å². The number of nitrogens with zero attached hydrogens (tertiary/aromatic N) is 2. The van der Waals surface area contributed by atoms with Crippen LogP contribution in [0.25, 0.3) is 33.2 Å². The lowest BCUT2D eigenvalue weighted by atomic mass is 9.99. The van der Waals surface area contributed by atoms with E-state index >= 15 is 0 Å². The fourth-order valence-electron chi connectivity index (χ4n) is 5.64. The first-order valence-electron chi connectivity index (χ1n) is 13.4. The number of rotatable bonds is 5. The molecule has 6 rings (SSSR count). The second-order valence-electron chi connectivity index (χ2n) is 10.2. The fourth-order valence-corrected chi connectivity index (χ4v) is 6.27. The Balaban J connectivity index is 1.49. The molecule has 0 radical (unpaired) electrons. The van der Waals surface area contributed by atoms with Crippen LogP contribution in [-0.4, -0.2) is 39.7 Å². The average molecular weight is 551 g/mol. The maximum Gasteiger partial charge on any atom is 0.294 e. The zero-order valence-corrected chi connectivity index (χ0v) is 23.5. The van der Waals surface area contributed by atoms with Crippen LogP contribution in [0.3, 0.4) is 0 Å². The quantitative estimate of drug-likeness (QED) is 0.235. The molecule has 0 bridgehead atoms. The minimum Gasteiger partial charge on any atom is -0.450 e. The first kappa shape index (κ1) is 25.9. The first-order chi connectivity index (χ1) is 19.3. The molecule has 2 heterocycles. The van der Waals surface area contributed by atoms with Gasteiger partial charge in [0.15, 0.2) is 9.84 Å². The summed E-state index contributed by atoms with van der Waals surface area (Å²) < 4.78 is 30.2. The Morgan fingerprint density at radius 3 is 2.23 bits per heavy atom. The molecule has 1 aliphatic heterocycles. The van der Waals surface area contributed by atoms with Gasteiger partial charge in [-0.15, -0.1) is 0 Å². The topological polar surface area (TPSA) is 70.8 Å². The number of fused-ring (bicyclic) bond motifs is 2. The number of hydrogen-bond donors (Lipinski definition) is 0. The van der Waals surface area contributed by atoms with Crippen LogP contribution >= 0.6 is 0 Å². The SMILES string of the molecule is CCN1c2ccc(-c3ccc(S(C)(=O)=O)cc3)cc2N(C(=O)c2oc3ccccc3c2-c2ccccc2)C[C@@H]1C. The van der Waals surface area contributed by atoms with Crippen molar-refractivity contribution in [3.63, 3.8) is 0 Å². The molecule has 1 aliphatic rings. The van der Waals surface area contributed by atoms with Crippen LogP contribution in [0.1, 0.15) is 24.4 Å². The third kappa shape index (κ3) is 4.46. The van der Waals surface area contributed by atoms with Crippen LogP contribution in [0.15, 0.2) is 106 Å². The van der Waals surface area contributed by atoms with E-state index in [9.17, 15) is 13.2 Å². The lowest BCUT2D eigenvalue weighted by Crippen LogP contribution is -2.49. The molecule has 0 aliphatic carbocycles. The maximum absolute atomic E-state index is 14.4. The Morgan fingerprint density at radius 2 is 1.52 bits per heavy atom. The number of amides is 1. The summed E-state index contributed by atoms with van der Waals surface area (Å²) in [5, 5.41) is 0.900. The zero-order chi connectivity index (χ0) is 28.0. The summed E-state index contributed by atoms with van der Waals surface area (Å²) in [6, 6.07) is 30.7. The number of furan rings is 1. The van der Waals surface area contributed by atoms with E-state index in [0.29, 0.717) is 17.9 Å². The molecule has 6 nitrogen and oxygen atoms in total. The molecule has 1 amide bonds. The van der Waals surface area contributed by atoms with Crippen molar-refractivity contribution in [2.75, 3.05) is 29.1 Å². The highest BCUT2D eigenvalue weighted by Gasteiger charge is 2.35. The normalized spacial score (nSPS) is 15.3. The van der Waals surface area contributed by atoms with Crippen LogP contribution in [-0.2, 0) is 9.84 Å². The van der Waals surface area contributed by atoms with Gasteiger partial charge in [-0.25, -0.2) is 8.42 Å². The predicted molar refractivity (Wildman–Crippen MR) is 161 cm³/mol. The van der Waals surface area contributed by atoms with E-state index in [2.05, 4.69) is 18.7 Å². The van der Waals surface area contributed by atoms with Gasteiger partial charge in [-0.2, -0.15) is 0 Å². The van der Waals surface area contributed by atoms with Crippen molar-refractivity contribution in [2.24, 2.45) is 0 Å². The molecular formula is C33H30N2O4S. The molecule has 0 unspecified atom stereocenters. The summed E-state index contributed by atoms with van der Waals surface area (Å²) in [7, 11) is -3.29. The van der Waals surface area contributed by atoms with Gasteiger partial charge in [0.25, 0.3) is 5.91 Å². The number of sulfone groups is 1. The van der Waals surface area contributed by atoms with Gasteiger partial charge in [0, 0.05) is 36.3 Å². The molecule has 0 fully saturated rings. The second-order valence-corrected chi connectivity index (χ2v) is 12.2. The van der Waals surface area contributed by atoms with E-state index in [-0.39, 0.29) is 16.8 Å². The minimum atomic E-state index is -3.29. The first-order valence-corrected chi connectivity index (χ1v) is 15.3. The van der Waals surface area contributed by atoms with Crippen LogP contribution in [0.5, 0.6) is 0 Å². The van der Waals surface area contributed by atoms with E-state index in [0.717, 1.165) is 45.6 Å². The lowest BCUT2D eigenvalue weighted by molar-refractivity contribution is 0.0960. The van der Waals surface area contributed by atoms with Crippen molar-refractivity contribution in [3.05, 3.63) is 103 Å². The Morgan fingerprint density at radius 1 is 0.850 bits per heavy atom. The number of benzene rings is 4. The summed E-state index contributed by atoms with van der Waals surface area (Å²) in [5.41, 5.74) is 5.94. The van der Waals surface area contributed by atoms with Gasteiger partial charge in [-0.3, -0.25) is 4.79 Å². The molecule has 7 heteroatoms. The number of para-hydroxylation sites is 1. The van der Waals surface area contributed by atoms with Gasteiger partial charge in [0.05, 0.1) is 16.3 Å². The summed E-state index contributed by atoms with van der Waals surface area (Å²) in [6.07, 6.45) is 1.20. The maximum atomic E-state index is 14.4. The number of carbonyl (C=O) groups is 1. The van der Waals surface area contributed by atoms with Gasteiger partial charge in [0.2, 0.25) is 5.76 Å². The highest BCUT2D eigenvalue weighted by molar-refractivity contribution is 7.90. The van der Waals surface area contributed by atoms with Crippen LogP contribution in [0.2, 0.25) is 0 Å². The Labute approximate surface area is 234 Å². The molecule has 1 atom stereocenters. The summed E-state index contributed by atoms with van der Waals surface area (Å²) in [6.45, 7) is 5.55. The number of likely N-dealkylation sites (N-methyl/N-ethyl adjacent to an activating group) is 1. The van der Waals surface area contributed by atoms with E-state index in [1.165, 1.54) is 6.26 Å². The van der Waals surface area contributed by atoms with Crippen molar-refractivity contribution in [2.45, 2.75) is 24.8 Å². The Bertz CT molecular complexity index is 1830. The second kappa shape index (κ2) is 9.99. The molecule has 0 spiro atoms. The molecule has 1 aromatic heterocycles. The van der Waals surface area contributed by atoms with Gasteiger partial charge in [-0.05, 0) is 60.9 Å². The smallest absolute Gasteiger partial charge is 0.294 e. The molecule has 40 heavy (non-hydrogen) atoms. The standard InChI is InChI=1S/C33H30N2O4S/c1-4-34-22(2)21-35(29-20-25(16-19-28(29)34)23-14-17-26(18-15-23)40(3,37)38)33(36)32-31(24-10-6-5-7-11-24)27-12-8-9-13-30(27)39-32/h5-20,22H,4,21H2,1-3H3/t22-/m0/s1. The molecular weight excluding hydrogens is 520 g/mol. The van der Waals surface area contributed by atoms with E-state index in [4.69, 9.17) is 4.42 Å². The van der Waals surface area contributed by atoms with E-state index in [1.807, 2.05) is 77.7 Å².